The number of primary amides is 2. The lowest BCUT2D eigenvalue weighted by molar-refractivity contribution is -0.142. The van der Waals surface area contributed by atoms with Gasteiger partial charge in [-0.15, -0.1) is 0 Å². The normalized spacial score (nSPS) is 14.6. The fourth-order valence-electron chi connectivity index (χ4n) is 14.0. The minimum absolute atomic E-state index is 0.0491. The van der Waals surface area contributed by atoms with Crippen molar-refractivity contribution in [3.05, 3.63) is 65.7 Å². The van der Waals surface area contributed by atoms with Gasteiger partial charge in [-0.1, -0.05) is 97.9 Å². The van der Waals surface area contributed by atoms with Gasteiger partial charge in [-0.3, -0.25) is 116 Å². The summed E-state index contributed by atoms with van der Waals surface area (Å²) in [7, 11) is 0. The summed E-state index contributed by atoms with van der Waals surface area (Å²) in [6.45, 7) is 12.8. The Labute approximate surface area is 830 Å². The number of nitrogens with two attached hydrogens (primary N) is 9. The molecular weight excluding hydrogens is 1890 g/mol. The zero-order chi connectivity index (χ0) is 109. The van der Waals surface area contributed by atoms with Crippen LogP contribution >= 0.6 is 0 Å². The number of aliphatic hydroxyl groups is 2. The lowest BCUT2D eigenvalue weighted by Gasteiger charge is -2.30. The number of aliphatic hydroxyl groups excluding tert-OH is 2. The minimum atomic E-state index is -2.09. The van der Waals surface area contributed by atoms with Crippen LogP contribution in [0.3, 0.4) is 0 Å². The number of carbonyl (C=O) groups is 21. The van der Waals surface area contributed by atoms with E-state index in [2.05, 4.69) is 100 Å². The van der Waals surface area contributed by atoms with E-state index < -0.39 is 303 Å². The fourth-order valence-corrected chi connectivity index (χ4v) is 14.0. The summed E-state index contributed by atoms with van der Waals surface area (Å²) < 4.78 is 0. The van der Waals surface area contributed by atoms with Crippen molar-refractivity contribution < 1.29 is 131 Å². The molecule has 0 fully saturated rings. The Morgan fingerprint density at radius 1 is 0.319 bits per heavy atom. The van der Waals surface area contributed by atoms with Gasteiger partial charge in [0.05, 0.1) is 32.1 Å². The zero-order valence-electron chi connectivity index (χ0n) is 82.2. The summed E-state index contributed by atoms with van der Waals surface area (Å²) in [6, 6.07) is -14.3. The number of hydrogen-bond donors (Lipinski definition) is 31. The van der Waals surface area contributed by atoms with Crippen molar-refractivity contribution in [2.24, 2.45) is 90.3 Å². The van der Waals surface area contributed by atoms with Crippen LogP contribution in [-0.2, 0) is 114 Å². The Morgan fingerprint density at radius 2 is 0.625 bits per heavy atom. The number of aromatic hydroxyl groups is 1. The quantitative estimate of drug-likeness (QED) is 0.0166. The van der Waals surface area contributed by atoms with Crippen LogP contribution in [0.2, 0.25) is 0 Å². The lowest BCUT2D eigenvalue weighted by atomic mass is 9.99. The molecule has 55 heteroatoms. The van der Waals surface area contributed by atoms with Gasteiger partial charge >= 0.3 is 17.9 Å². The van der Waals surface area contributed by atoms with Crippen molar-refractivity contribution in [3.8, 4) is 5.75 Å². The summed E-state index contributed by atoms with van der Waals surface area (Å²) in [4.78, 5) is 300. The number of guanidine groups is 3. The number of phenols is 1. The second-order valence-electron chi connectivity index (χ2n) is 35.8. The Morgan fingerprint density at radius 3 is 0.972 bits per heavy atom. The van der Waals surface area contributed by atoms with Crippen molar-refractivity contribution in [1.29, 1.82) is 0 Å². The molecule has 144 heavy (non-hydrogen) atoms. The molecule has 0 radical (unpaired) electrons. The van der Waals surface area contributed by atoms with Crippen LogP contribution in [0.15, 0.2) is 69.6 Å². The average Bonchev–Trinajstić information content (AvgIpc) is 0.834. The van der Waals surface area contributed by atoms with Gasteiger partial charge in [-0.25, -0.2) is 0 Å². The number of hydrogen-bond acceptors (Lipinski definition) is 28. The van der Waals surface area contributed by atoms with Crippen molar-refractivity contribution in [2.75, 3.05) is 32.8 Å². The molecule has 0 aliphatic rings. The monoisotopic (exact) mass is 2040 g/mol. The number of phenolic OH excluding ortho intramolecular Hbond substituents is 1. The Balaban J connectivity index is 2.65. The van der Waals surface area contributed by atoms with Crippen LogP contribution in [0.5, 0.6) is 5.75 Å². The van der Waals surface area contributed by atoms with E-state index in [9.17, 15) is 131 Å². The first-order valence-corrected chi connectivity index (χ1v) is 46.5. The maximum Gasteiger partial charge on any atom is 0.325 e. The molecule has 0 aromatic heterocycles. The van der Waals surface area contributed by atoms with Gasteiger partial charge < -0.3 is 167 Å². The van der Waals surface area contributed by atoms with Crippen LogP contribution in [0.25, 0.3) is 0 Å². The first-order chi connectivity index (χ1) is 67.4. The maximum atomic E-state index is 14.8. The predicted octanol–water partition coefficient (Wildman–Crippen LogP) is -10.2. The number of rotatable bonds is 68. The summed E-state index contributed by atoms with van der Waals surface area (Å²) in [5.74, 6) is -28.3. The number of benzene rings is 2. The van der Waals surface area contributed by atoms with E-state index in [4.69, 9.17) is 51.6 Å². The van der Waals surface area contributed by atoms with Crippen LogP contribution in [-0.4, -0.2) is 308 Å². The number of carbonyl (C=O) groups excluding carboxylic acids is 18. The Kier molecular flexibility index (Phi) is 55.7. The zero-order valence-corrected chi connectivity index (χ0v) is 82.2. The highest BCUT2D eigenvalue weighted by Gasteiger charge is 2.42. The third kappa shape index (κ3) is 49.3. The second kappa shape index (κ2) is 64.3. The smallest absolute Gasteiger partial charge is 0.325 e. The number of carboxylic acids is 3. The molecule has 2 aromatic rings. The van der Waals surface area contributed by atoms with Gasteiger partial charge in [-0.2, -0.15) is 0 Å². The summed E-state index contributed by atoms with van der Waals surface area (Å²) >= 11 is 0. The summed E-state index contributed by atoms with van der Waals surface area (Å²) in [5, 5.41) is 99.8. The standard InChI is InChI=1S/C89H144N28O27/c1-42(2)33-56(77(134)104-51(19-14-30-99-87(93)94)71(128)111-59(76(133)102-46(9)86(143)144)37-49-22-24-50(120)25-23-49)109-79(136)58(35-44(5)6)113-85(142)70(47(10)119)117-75(132)53(21-16-32-101-89(97)98)105-78(135)57(34-43(3)4)110-82(139)62(39-68(126)127)114-84(141)69(45(7)8)116-74(131)52(20-15-31-100-88(95)96)106-80(137)60(36-48-17-12-11-13-18-48)112-83(140)63(41-118)115-73(130)54(26-28-64(91)121)107-72(129)55(27-29-67(124)125)108-81(138)61(38-65(92)122)103-66(123)40-90/h11-13,17-18,22-25,42-47,51-63,69-70,118-120H,14-16,19-21,26-41,90H2,1-10H3,(H2,91,121)(H2,92,122)(H,102,133)(H,103,123)(H,104,134)(H,105,135)(H,106,137)(H,107,129)(H,108,138)(H,109,136)(H,110,139)(H,111,128)(H,112,140)(H,113,142)(H,114,141)(H,115,130)(H,116,131)(H,117,132)(H,124,125)(H,126,127)(H,143,144)(H4,93,94,99)(H4,95,96,100)(H4,97,98,101)/t46-,47+,51-,52-,53-,54-,55-,56-,57-,58-,59-,60-,61-,62-,63-,69-,70-/m0/s1. The predicted molar refractivity (Wildman–Crippen MR) is 518 cm³/mol. The SMILES string of the molecule is CC(C)C[C@H](NC(=O)[C@H](CC(=O)O)NC(=O)[C@@H](NC(=O)[C@H](CCCN=C(N)N)NC(=O)[C@H](Cc1ccccc1)NC(=O)[C@H](CO)NC(=O)[C@H](CCC(N)=O)NC(=O)[C@H](CCC(=O)O)NC(=O)[C@H](CC(N)=O)NC(=O)CN)C(C)C)C(=O)N[C@@H](CCCN=C(N)N)C(=O)N[C@H](C(=O)N[C@@H](CC(C)C)C(=O)N[C@@H](CC(C)C)C(=O)N[C@@H](CCCN=C(N)N)C(=O)N[C@@H](Cc1ccc(O)cc1)C(=O)N[C@@H](C)C(=O)O)[C@@H](C)O. The van der Waals surface area contributed by atoms with Gasteiger partial charge in [0.15, 0.2) is 17.9 Å². The maximum absolute atomic E-state index is 14.8. The number of carboxylic acid groups (broad SMARTS) is 3. The number of amides is 18. The molecule has 55 nitrogen and oxygen atoms in total. The van der Waals surface area contributed by atoms with Gasteiger partial charge in [0.2, 0.25) is 106 Å². The molecule has 0 bridgehead atoms. The highest BCUT2D eigenvalue weighted by Crippen LogP contribution is 2.19. The second-order valence-corrected chi connectivity index (χ2v) is 35.8. The first kappa shape index (κ1) is 125. The van der Waals surface area contributed by atoms with E-state index in [1.165, 1.54) is 57.2 Å². The van der Waals surface area contributed by atoms with Gasteiger partial charge in [-0.05, 0) is 131 Å². The highest BCUT2D eigenvalue weighted by atomic mass is 16.4. The van der Waals surface area contributed by atoms with Crippen LogP contribution in [0.4, 0.5) is 0 Å². The molecule has 2 aromatic carbocycles. The molecule has 0 spiro atoms. The fraction of sp³-hybridized carbons (Fsp3) is 0.596. The van der Waals surface area contributed by atoms with E-state index in [0.717, 1.165) is 6.92 Å². The Bertz CT molecular complexity index is 4780. The molecule has 802 valence electrons. The van der Waals surface area contributed by atoms with E-state index in [0.29, 0.717) is 11.1 Å². The van der Waals surface area contributed by atoms with Crippen molar-refractivity contribution in [1.82, 2.24) is 85.1 Å². The molecule has 0 aliphatic heterocycles. The van der Waals surface area contributed by atoms with Crippen LogP contribution < -0.4 is 137 Å². The van der Waals surface area contributed by atoms with E-state index in [-0.39, 0.29) is 113 Å². The van der Waals surface area contributed by atoms with E-state index >= 15 is 0 Å². The molecule has 2 rings (SSSR count). The molecule has 0 heterocycles. The van der Waals surface area contributed by atoms with Crippen molar-refractivity contribution >= 4 is 142 Å². The van der Waals surface area contributed by atoms with E-state index in [1.54, 1.807) is 59.7 Å². The molecule has 0 unspecified atom stereocenters. The Hall–Kier alpha value is -15.2. The molecule has 40 N–H and O–H groups in total. The van der Waals surface area contributed by atoms with E-state index in [1.807, 2.05) is 0 Å². The topological polar surface area (TPSA) is 944 Å². The third-order valence-electron chi connectivity index (χ3n) is 21.4. The number of nitrogens with one attached hydrogen (secondary N) is 16. The largest absolute Gasteiger partial charge is 0.508 e. The van der Waals surface area contributed by atoms with Crippen molar-refractivity contribution in [2.45, 2.75) is 281 Å². The lowest BCUT2D eigenvalue weighted by Crippen LogP contribution is -2.62. The number of aliphatic carboxylic acids is 3. The average molecular weight is 2040 g/mol. The van der Waals surface area contributed by atoms with Crippen LogP contribution in [0.1, 0.15) is 177 Å². The van der Waals surface area contributed by atoms with Crippen molar-refractivity contribution in [3.63, 3.8) is 0 Å². The van der Waals surface area contributed by atoms with Crippen LogP contribution in [0, 0.1) is 23.7 Å². The minimum Gasteiger partial charge on any atom is -0.508 e. The first-order valence-electron chi connectivity index (χ1n) is 46.5. The van der Waals surface area contributed by atoms with Gasteiger partial charge in [0.1, 0.15) is 102 Å². The molecule has 0 saturated heterocycles. The molecule has 18 amide bonds. The molecule has 0 saturated carbocycles. The summed E-state index contributed by atoms with van der Waals surface area (Å²) in [6.07, 6.45) is -8.80. The number of nitrogens with zero attached hydrogens (tertiary/aromatic N) is 3. The van der Waals surface area contributed by atoms with Gasteiger partial charge in [0, 0.05) is 45.3 Å². The van der Waals surface area contributed by atoms with Gasteiger partial charge in [0.25, 0.3) is 0 Å². The third-order valence-corrected chi connectivity index (χ3v) is 21.4. The molecule has 0 aliphatic carbocycles. The molecule has 17 atom stereocenters. The highest BCUT2D eigenvalue weighted by molar-refractivity contribution is 6.02. The summed E-state index contributed by atoms with van der Waals surface area (Å²) in [5.41, 5.74) is 50.2. The number of aliphatic imine (C=N–C) groups is 3. The molecular formula is C89H144N28O27.